The molecule has 2 N–H and O–H groups in total. The van der Waals surface area contributed by atoms with E-state index in [1.807, 2.05) is 36.4 Å². The molecule has 47 heavy (non-hydrogen) atoms. The molecule has 0 saturated carbocycles. The van der Waals surface area contributed by atoms with Crippen molar-refractivity contribution in [2.45, 2.75) is 76.3 Å². The van der Waals surface area contributed by atoms with Gasteiger partial charge in [0, 0.05) is 57.8 Å². The van der Waals surface area contributed by atoms with Crippen molar-refractivity contribution in [3.8, 4) is 6.07 Å². The summed E-state index contributed by atoms with van der Waals surface area (Å²) in [6.07, 6.45) is 3.35. The maximum Gasteiger partial charge on any atom is 0.253 e. The zero-order valence-electron chi connectivity index (χ0n) is 28.6. The third kappa shape index (κ3) is 6.52. The Balaban J connectivity index is 1.66. The summed E-state index contributed by atoms with van der Waals surface area (Å²) >= 11 is 0. The number of hydrogen-bond acceptors (Lipinski definition) is 7. The van der Waals surface area contributed by atoms with Crippen molar-refractivity contribution in [3.05, 3.63) is 81.4 Å². The van der Waals surface area contributed by atoms with Gasteiger partial charge in [0.2, 0.25) is 5.91 Å². The molecular weight excluding hydrogens is 592 g/mol. The second-order valence-electron chi connectivity index (χ2n) is 13.6. The van der Waals surface area contributed by atoms with Crippen molar-refractivity contribution in [2.24, 2.45) is 0 Å². The molecule has 2 atom stereocenters. The molecular formula is C36H46N8O3. The number of carbonyl (C=O) groups is 3. The van der Waals surface area contributed by atoms with Crippen LogP contribution in [0.1, 0.15) is 101 Å². The number of nitriles is 1. The van der Waals surface area contributed by atoms with Crippen LogP contribution in [0.25, 0.3) is 0 Å². The quantitative estimate of drug-likeness (QED) is 0.365. The Bertz CT molecular complexity index is 1630. The molecule has 1 aliphatic heterocycles. The molecule has 1 unspecified atom stereocenters. The average molecular weight is 639 g/mol. The minimum atomic E-state index is -0.873. The lowest BCUT2D eigenvalue weighted by molar-refractivity contribution is -0.130. The maximum absolute atomic E-state index is 13.2. The second-order valence-corrected chi connectivity index (χ2v) is 13.6. The lowest BCUT2D eigenvalue weighted by Gasteiger charge is -2.37. The summed E-state index contributed by atoms with van der Waals surface area (Å²) in [5.74, 6) is 1.23. The molecule has 3 amide bonds. The van der Waals surface area contributed by atoms with Gasteiger partial charge < -0.3 is 20.0 Å². The highest BCUT2D eigenvalue weighted by molar-refractivity contribution is 5.95. The Kier molecular flexibility index (Phi) is 9.82. The van der Waals surface area contributed by atoms with Gasteiger partial charge in [-0.3, -0.25) is 19.5 Å². The summed E-state index contributed by atoms with van der Waals surface area (Å²) in [6, 6.07) is 13.5. The molecule has 1 fully saturated rings. The van der Waals surface area contributed by atoms with Crippen LogP contribution in [0.3, 0.4) is 0 Å². The van der Waals surface area contributed by atoms with Gasteiger partial charge in [-0.1, -0.05) is 26.0 Å². The molecule has 11 heteroatoms. The van der Waals surface area contributed by atoms with Crippen LogP contribution >= 0.6 is 0 Å². The summed E-state index contributed by atoms with van der Waals surface area (Å²) in [7, 11) is 6.98. The Morgan fingerprint density at radius 3 is 2.06 bits per heavy atom. The molecule has 1 aliphatic carbocycles. The summed E-state index contributed by atoms with van der Waals surface area (Å²) in [4.78, 5) is 49.3. The number of nitrogens with one attached hydrogen (secondary N) is 2. The van der Waals surface area contributed by atoms with Gasteiger partial charge in [-0.2, -0.15) is 10.4 Å². The Hall–Kier alpha value is -4.56. The van der Waals surface area contributed by atoms with Gasteiger partial charge in [0.15, 0.2) is 5.82 Å². The van der Waals surface area contributed by atoms with Crippen molar-refractivity contribution in [2.75, 3.05) is 41.3 Å². The number of aromatic nitrogens is 3. The number of fused-ring (bicyclic) bond motifs is 2. The first-order valence-electron chi connectivity index (χ1n) is 16.4. The number of nitrogens with zero attached hydrogens (tertiary/aromatic N) is 6. The van der Waals surface area contributed by atoms with Gasteiger partial charge in [-0.25, -0.2) is 4.98 Å². The third-order valence-electron chi connectivity index (χ3n) is 9.47. The van der Waals surface area contributed by atoms with Crippen molar-refractivity contribution in [1.29, 1.82) is 5.26 Å². The molecule has 248 valence electrons. The summed E-state index contributed by atoms with van der Waals surface area (Å²) in [5, 5.41) is 21.0. The molecule has 3 aromatic rings. The molecule has 0 bridgehead atoms. The molecule has 0 spiro atoms. The van der Waals surface area contributed by atoms with E-state index < -0.39 is 5.41 Å². The largest absolute Gasteiger partial charge is 0.345 e. The molecule has 1 aromatic heterocycles. The highest BCUT2D eigenvalue weighted by atomic mass is 16.2. The number of amides is 3. The number of aryl methyl sites for hydroxylation is 2. The van der Waals surface area contributed by atoms with E-state index in [9.17, 15) is 19.6 Å². The minimum Gasteiger partial charge on any atom is -0.345 e. The lowest BCUT2D eigenvalue weighted by Crippen LogP contribution is -2.45. The Labute approximate surface area is 277 Å². The first kappa shape index (κ1) is 33.8. The van der Waals surface area contributed by atoms with Crippen molar-refractivity contribution in [1.82, 2.24) is 35.2 Å². The van der Waals surface area contributed by atoms with Gasteiger partial charge in [0.25, 0.3) is 11.8 Å². The zero-order valence-corrected chi connectivity index (χ0v) is 28.6. The number of rotatable bonds is 9. The van der Waals surface area contributed by atoms with Crippen molar-refractivity contribution >= 4 is 17.7 Å². The summed E-state index contributed by atoms with van der Waals surface area (Å²) < 4.78 is 0. The number of aromatic amines is 1. The maximum atomic E-state index is 13.2. The van der Waals surface area contributed by atoms with Crippen LogP contribution in [0, 0.1) is 11.3 Å². The van der Waals surface area contributed by atoms with Gasteiger partial charge in [0.1, 0.15) is 11.9 Å². The molecule has 1 saturated heterocycles. The van der Waals surface area contributed by atoms with Crippen LogP contribution in [0.4, 0.5) is 0 Å². The monoisotopic (exact) mass is 638 g/mol. The Morgan fingerprint density at radius 2 is 1.57 bits per heavy atom. The predicted octanol–water partition coefficient (Wildman–Crippen LogP) is 3.65. The van der Waals surface area contributed by atoms with Crippen molar-refractivity contribution in [3.63, 3.8) is 0 Å². The fourth-order valence-electron chi connectivity index (χ4n) is 7.00. The van der Waals surface area contributed by atoms with Gasteiger partial charge in [-0.15, -0.1) is 0 Å². The highest BCUT2D eigenvalue weighted by Gasteiger charge is 2.46. The number of likely N-dealkylation sites (tertiary alicyclic amines) is 1. The zero-order chi connectivity index (χ0) is 34.0. The van der Waals surface area contributed by atoms with Crippen LogP contribution in [-0.2, 0) is 23.1 Å². The lowest BCUT2D eigenvalue weighted by atomic mass is 9.67. The number of hydrogen-bond donors (Lipinski definition) is 2. The van der Waals surface area contributed by atoms with Gasteiger partial charge >= 0.3 is 0 Å². The highest BCUT2D eigenvalue weighted by Crippen LogP contribution is 2.47. The van der Waals surface area contributed by atoms with Crippen molar-refractivity contribution < 1.29 is 14.4 Å². The van der Waals surface area contributed by atoms with E-state index in [2.05, 4.69) is 37.3 Å². The molecule has 11 nitrogen and oxygen atoms in total. The second kappa shape index (κ2) is 13.7. The van der Waals surface area contributed by atoms with E-state index in [1.165, 1.54) is 0 Å². The molecule has 0 radical (unpaired) electrons. The van der Waals surface area contributed by atoms with Crippen LogP contribution in [0.5, 0.6) is 0 Å². The van der Waals surface area contributed by atoms with Crippen LogP contribution < -0.4 is 5.32 Å². The minimum absolute atomic E-state index is 0.0786. The van der Waals surface area contributed by atoms with E-state index in [-0.39, 0.29) is 42.3 Å². The normalized spacial score (nSPS) is 17.3. The standard InChI is InChI=1S/C36H46N8O3/c1-22(2)32-39-35(41-40-32)36(19-23(3)38-21-31(45)44-16-8-9-28(44)20-37)29-14-12-26(33(46)42(4)5)17-24(29)10-11-25-18-27(13-15-30(25)36)34(47)43(6)7/h12-15,17-18,22-23,28,38H,8-11,16,19,21H2,1-7H3,(H,39,40,41)/t23-,28?/m0/s1. The first-order valence-corrected chi connectivity index (χ1v) is 16.4. The fraction of sp³-hybridized carbons (Fsp3) is 0.500. The SMILES string of the molecule is CC(C)c1nc(C2(C[C@H](C)NCC(=O)N3CCCC3C#N)c3ccc(C(=O)N(C)C)cc3CCc3cc(C(=O)N(C)C)ccc32)n[nH]1. The number of H-pyrrole nitrogens is 1. The molecule has 2 aromatic carbocycles. The summed E-state index contributed by atoms with van der Waals surface area (Å²) in [5.41, 5.74) is 4.36. The fourth-order valence-corrected chi connectivity index (χ4v) is 7.00. The van der Waals surface area contributed by atoms with Crippen LogP contribution in [-0.4, -0.2) is 101 Å². The van der Waals surface area contributed by atoms with Crippen LogP contribution in [0.15, 0.2) is 36.4 Å². The van der Waals surface area contributed by atoms with E-state index in [0.717, 1.165) is 34.5 Å². The smallest absolute Gasteiger partial charge is 0.253 e. The molecule has 5 rings (SSSR count). The van der Waals surface area contributed by atoms with Crippen LogP contribution in [0.2, 0.25) is 0 Å². The number of benzene rings is 2. The van der Waals surface area contributed by atoms with E-state index in [1.54, 1.807) is 42.9 Å². The van der Waals surface area contributed by atoms with E-state index in [4.69, 9.17) is 10.1 Å². The third-order valence-corrected chi connectivity index (χ3v) is 9.47. The first-order chi connectivity index (χ1) is 22.4. The number of carbonyl (C=O) groups excluding carboxylic acids is 3. The predicted molar refractivity (Wildman–Crippen MR) is 179 cm³/mol. The van der Waals surface area contributed by atoms with Gasteiger partial charge in [0.05, 0.1) is 18.0 Å². The van der Waals surface area contributed by atoms with Gasteiger partial charge in [-0.05, 0) is 85.5 Å². The van der Waals surface area contributed by atoms with E-state index in [0.29, 0.717) is 49.2 Å². The van der Waals surface area contributed by atoms with E-state index >= 15 is 0 Å². The average Bonchev–Trinajstić information content (AvgIpc) is 3.73. The summed E-state index contributed by atoms with van der Waals surface area (Å²) in [6.45, 7) is 6.87. The Morgan fingerprint density at radius 1 is 1.00 bits per heavy atom. The topological polar surface area (TPSA) is 138 Å². The molecule has 2 aliphatic rings. The molecule has 2 heterocycles.